The lowest BCUT2D eigenvalue weighted by Gasteiger charge is -2.25. The van der Waals surface area contributed by atoms with Gasteiger partial charge in [-0.1, -0.05) is 31.9 Å². The molecule has 0 fully saturated rings. The van der Waals surface area contributed by atoms with Gasteiger partial charge >= 0.3 is 5.97 Å². The molecule has 1 aromatic heterocycles. The van der Waals surface area contributed by atoms with Gasteiger partial charge in [-0.15, -0.1) is 11.3 Å². The maximum atomic E-state index is 15.0. The van der Waals surface area contributed by atoms with Crippen LogP contribution in [0, 0.1) is 23.0 Å². The Morgan fingerprint density at radius 2 is 1.89 bits per heavy atom. The van der Waals surface area contributed by atoms with Crippen LogP contribution < -0.4 is 20.5 Å². The molecule has 0 amide bonds. The molecule has 0 unspecified atom stereocenters. The van der Waals surface area contributed by atoms with Gasteiger partial charge in [-0.2, -0.15) is 5.26 Å². The maximum Gasteiger partial charge on any atom is 0.338 e. The molecule has 35 heavy (non-hydrogen) atoms. The summed E-state index contributed by atoms with van der Waals surface area (Å²) in [5.74, 6) is -3.52. The fraction of sp³-hybridized carbons (Fsp3) is 0.125. The van der Waals surface area contributed by atoms with E-state index in [1.807, 2.05) is 6.07 Å². The van der Waals surface area contributed by atoms with Crippen molar-refractivity contribution in [1.82, 2.24) is 4.57 Å². The predicted molar refractivity (Wildman–Crippen MR) is 135 cm³/mol. The fourth-order valence-corrected chi connectivity index (χ4v) is 5.68. The number of benzene rings is 2. The zero-order chi connectivity index (χ0) is 25.4. The second kappa shape index (κ2) is 9.89. The number of halogens is 4. The number of hydrogen-bond donors (Lipinski definition) is 1. The van der Waals surface area contributed by atoms with Crippen LogP contribution in [0.5, 0.6) is 0 Å². The normalized spacial score (nSPS) is 15.7. The third-order valence-electron chi connectivity index (χ3n) is 5.28. The van der Waals surface area contributed by atoms with Crippen molar-refractivity contribution in [2.45, 2.75) is 12.8 Å². The van der Waals surface area contributed by atoms with Gasteiger partial charge in [0.2, 0.25) is 0 Å². The highest BCUT2D eigenvalue weighted by Gasteiger charge is 2.37. The Morgan fingerprint density at radius 1 is 1.23 bits per heavy atom. The average molecular weight is 623 g/mol. The zero-order valence-corrected chi connectivity index (χ0v) is 21.9. The smallest absolute Gasteiger partial charge is 0.338 e. The van der Waals surface area contributed by atoms with E-state index >= 15 is 0 Å². The third-order valence-corrected chi connectivity index (χ3v) is 7.37. The first kappa shape index (κ1) is 25.0. The Bertz CT molecular complexity index is 1640. The minimum absolute atomic E-state index is 0.00887. The molecule has 0 bridgehead atoms. The van der Waals surface area contributed by atoms with E-state index in [0.29, 0.717) is 8.95 Å². The lowest BCUT2D eigenvalue weighted by molar-refractivity contribution is -0.136. The van der Waals surface area contributed by atoms with E-state index in [9.17, 15) is 23.6 Å². The van der Waals surface area contributed by atoms with E-state index in [1.165, 1.54) is 42.5 Å². The van der Waals surface area contributed by atoms with Crippen LogP contribution in [-0.4, -0.2) is 17.1 Å². The molecule has 1 aliphatic rings. The van der Waals surface area contributed by atoms with Crippen LogP contribution >= 0.6 is 43.2 Å². The van der Waals surface area contributed by atoms with Gasteiger partial charge in [0.25, 0.3) is 5.56 Å². The summed E-state index contributed by atoms with van der Waals surface area (Å²) >= 11 is 7.43. The first-order valence-corrected chi connectivity index (χ1v) is 12.5. The van der Waals surface area contributed by atoms with Crippen molar-refractivity contribution in [3.63, 3.8) is 0 Å². The highest BCUT2D eigenvalue weighted by atomic mass is 79.9. The van der Waals surface area contributed by atoms with Crippen LogP contribution in [0.1, 0.15) is 24.0 Å². The molecule has 178 valence electrons. The summed E-state index contributed by atoms with van der Waals surface area (Å²) in [5.41, 5.74) is 5.45. The van der Waals surface area contributed by atoms with E-state index in [-0.39, 0.29) is 43.9 Å². The first-order chi connectivity index (χ1) is 16.7. The average Bonchev–Trinajstić information content (AvgIpc) is 3.13. The van der Waals surface area contributed by atoms with Crippen molar-refractivity contribution in [2.75, 3.05) is 6.61 Å². The van der Waals surface area contributed by atoms with Crippen molar-refractivity contribution >= 4 is 66.6 Å². The number of carbonyl (C=O) groups is 1. The van der Waals surface area contributed by atoms with Crippen LogP contribution in [0.2, 0.25) is 0 Å². The number of fused-ring (bicyclic) bond motifs is 1. The number of nitrogens with zero attached hydrogens (tertiary/aromatic N) is 2. The lowest BCUT2D eigenvalue weighted by atomic mass is 9.83. The quantitative estimate of drug-likeness (QED) is 0.448. The molecule has 11 heteroatoms. The largest absolute Gasteiger partial charge is 0.463 e. The summed E-state index contributed by atoms with van der Waals surface area (Å²) in [6.45, 7) is 1.61. The molecule has 0 radical (unpaired) electrons. The van der Waals surface area contributed by atoms with E-state index in [2.05, 4.69) is 31.9 Å². The van der Waals surface area contributed by atoms with Gasteiger partial charge < -0.3 is 10.5 Å². The third kappa shape index (κ3) is 4.49. The van der Waals surface area contributed by atoms with Crippen LogP contribution in [-0.2, 0) is 9.53 Å². The van der Waals surface area contributed by atoms with Crippen molar-refractivity contribution in [2.24, 2.45) is 5.73 Å². The van der Waals surface area contributed by atoms with Gasteiger partial charge in [0.1, 0.15) is 22.1 Å². The van der Waals surface area contributed by atoms with E-state index < -0.39 is 29.1 Å². The van der Waals surface area contributed by atoms with E-state index in [1.54, 1.807) is 6.92 Å². The predicted octanol–water partition coefficient (Wildman–Crippen LogP) is 3.70. The number of nitriles is 1. The Hall–Kier alpha value is -3.07. The number of thiazole rings is 1. The molecule has 2 heterocycles. The monoisotopic (exact) mass is 621 g/mol. The Labute approximate surface area is 218 Å². The minimum atomic E-state index is -1.22. The molecule has 4 rings (SSSR count). The molecule has 1 aliphatic heterocycles. The molecule has 1 atom stereocenters. The number of allylic oxidation sites excluding steroid dienone is 1. The van der Waals surface area contributed by atoms with Gasteiger partial charge in [-0.3, -0.25) is 9.36 Å². The Kier molecular flexibility index (Phi) is 7.07. The van der Waals surface area contributed by atoms with Crippen molar-refractivity contribution in [3.8, 4) is 6.07 Å². The van der Waals surface area contributed by atoms with Crippen molar-refractivity contribution in [3.05, 3.63) is 93.2 Å². The number of nitrogens with two attached hydrogens (primary N) is 1. The molecular formula is C24H15Br2F2N3O3S. The lowest BCUT2D eigenvalue weighted by Crippen LogP contribution is -2.40. The highest BCUT2D eigenvalue weighted by molar-refractivity contribution is 9.10. The standard InChI is InChI=1S/C24H15Br2F2N3O3S/c1-2-34-24(33)20-19(14-9-13(26)4-6-17(14)28)15(10-29)21(30)31-22(32)18(35-23(20)31)8-11-7-12(25)3-5-16(11)27/h3-9,19H,2,30H2,1H3/b18-8+/t19-/m0/s1. The van der Waals surface area contributed by atoms with Crippen LogP contribution in [0.15, 0.2) is 55.7 Å². The summed E-state index contributed by atoms with van der Waals surface area (Å²) in [6, 6.07) is 10.3. The number of rotatable bonds is 4. The highest BCUT2D eigenvalue weighted by Crippen LogP contribution is 2.38. The fourth-order valence-electron chi connectivity index (χ4n) is 3.77. The zero-order valence-electron chi connectivity index (χ0n) is 17.9. The number of aromatic nitrogens is 1. The SMILES string of the molecule is CCOC(=O)C1=c2s/c(=C/c3cc(Br)ccc3F)c(=O)n2C(N)=C(C#N)[C@@H]1c1cc(Br)ccc1F. The Balaban J connectivity index is 2.14. The van der Waals surface area contributed by atoms with Crippen molar-refractivity contribution < 1.29 is 18.3 Å². The number of esters is 1. The van der Waals surface area contributed by atoms with Gasteiger partial charge in [-0.05, 0) is 49.4 Å². The molecule has 0 aliphatic carbocycles. The molecule has 6 nitrogen and oxygen atoms in total. The molecule has 0 spiro atoms. The summed E-state index contributed by atoms with van der Waals surface area (Å²) in [4.78, 5) is 26.4. The molecule has 2 aromatic carbocycles. The second-order valence-electron chi connectivity index (χ2n) is 7.37. The van der Waals surface area contributed by atoms with Gasteiger partial charge in [-0.25, -0.2) is 13.6 Å². The summed E-state index contributed by atoms with van der Waals surface area (Å²) in [5, 5.41) is 9.95. The van der Waals surface area contributed by atoms with Gasteiger partial charge in [0.15, 0.2) is 0 Å². The van der Waals surface area contributed by atoms with Crippen molar-refractivity contribution in [1.29, 1.82) is 5.26 Å². The number of carbonyl (C=O) groups excluding carboxylic acids is 1. The number of ether oxygens (including phenoxy) is 1. The summed E-state index contributed by atoms with van der Waals surface area (Å²) < 4.78 is 36.8. The summed E-state index contributed by atoms with van der Waals surface area (Å²) in [7, 11) is 0. The van der Waals surface area contributed by atoms with Crippen LogP contribution in [0.4, 0.5) is 8.78 Å². The molecule has 0 saturated heterocycles. The molecular weight excluding hydrogens is 608 g/mol. The number of hydrogen-bond acceptors (Lipinski definition) is 6. The summed E-state index contributed by atoms with van der Waals surface area (Å²) in [6.07, 6.45) is 1.33. The topological polar surface area (TPSA) is 98.1 Å². The van der Waals surface area contributed by atoms with Crippen LogP contribution in [0.3, 0.4) is 0 Å². The maximum absolute atomic E-state index is 15.0. The Morgan fingerprint density at radius 3 is 2.54 bits per heavy atom. The van der Waals surface area contributed by atoms with E-state index in [0.717, 1.165) is 15.9 Å². The minimum Gasteiger partial charge on any atom is -0.463 e. The first-order valence-electron chi connectivity index (χ1n) is 10.1. The van der Waals surface area contributed by atoms with Gasteiger partial charge in [0.05, 0.1) is 34.3 Å². The van der Waals surface area contributed by atoms with Crippen LogP contribution in [0.25, 0.3) is 17.5 Å². The van der Waals surface area contributed by atoms with Gasteiger partial charge in [0, 0.05) is 20.1 Å². The molecule has 0 saturated carbocycles. The second-order valence-corrected chi connectivity index (χ2v) is 10.2. The molecule has 3 aromatic rings. The molecule has 2 N–H and O–H groups in total. The van der Waals surface area contributed by atoms with E-state index in [4.69, 9.17) is 10.5 Å².